The molecule has 30 nitrogen and oxygen atoms in total. The second kappa shape index (κ2) is 43.9. The summed E-state index contributed by atoms with van der Waals surface area (Å²) in [4.78, 5) is 93.5. The van der Waals surface area contributed by atoms with Gasteiger partial charge in [0.1, 0.15) is 34.5 Å². The van der Waals surface area contributed by atoms with Gasteiger partial charge in [0, 0.05) is 0 Å². The molecular weight excluding hydrogens is 1440 g/mol. The molecule has 0 saturated carbocycles. The van der Waals surface area contributed by atoms with Crippen molar-refractivity contribution in [1.29, 1.82) is 0 Å². The van der Waals surface area contributed by atoms with Gasteiger partial charge in [-0.15, -0.1) is 0 Å². The molecule has 0 aliphatic rings. The molecule has 0 spiro atoms. The van der Waals surface area contributed by atoms with Crippen molar-refractivity contribution in [2.45, 2.75) is 53.5 Å². The van der Waals surface area contributed by atoms with Gasteiger partial charge < -0.3 is 58.9 Å². The number of amides is 5. The topological polar surface area (TPSA) is 465 Å². The molecule has 10 aromatic carbocycles. The number of guanidine groups is 5. The van der Waals surface area contributed by atoms with Gasteiger partial charge in [-0.2, -0.15) is 0 Å². The maximum absolute atomic E-state index is 12.1. The lowest BCUT2D eigenvalue weighted by Crippen LogP contribution is -2.36. The predicted molar refractivity (Wildman–Crippen MR) is 433 cm³/mol. The average Bonchev–Trinajstić information content (AvgIpc) is 0.867. The fraction of sp³-hybridized carbons (Fsp3) is 0.108. The smallest absolute Gasteiger partial charge is 0.261 e. The third-order valence-electron chi connectivity index (χ3n) is 15.2. The van der Waals surface area contributed by atoms with E-state index < -0.39 is 29.5 Å². The number of hydrogen-bond acceptors (Lipinski definition) is 16. The highest BCUT2D eigenvalue weighted by atomic mass is 16.5. The number of methoxy groups -OCH3 is 1. The summed E-state index contributed by atoms with van der Waals surface area (Å²) in [7, 11) is 1.58. The number of rotatable bonds is 16. The van der Waals surface area contributed by atoms with Crippen LogP contribution in [-0.2, 0) is 32.7 Å². The van der Waals surface area contributed by atoms with Crippen LogP contribution in [0.15, 0.2) is 249 Å². The number of aromatic hydroxyl groups is 5. The number of aliphatic imine (C=N–C) groups is 5. The Kier molecular flexibility index (Phi) is 33.3. The Labute approximate surface area is 651 Å². The number of aryl methyl sites for hydroxylation is 3. The van der Waals surface area contributed by atoms with Gasteiger partial charge in [-0.25, -0.2) is 44.3 Å². The van der Waals surface area contributed by atoms with E-state index in [0.717, 1.165) is 50.3 Å². The lowest BCUT2D eigenvalue weighted by Gasteiger charge is -2.07. The molecule has 0 unspecified atom stereocenters. The van der Waals surface area contributed by atoms with E-state index in [4.69, 9.17) is 59.7 Å². The van der Waals surface area contributed by atoms with Crippen LogP contribution >= 0.6 is 0 Å². The van der Waals surface area contributed by atoms with Crippen molar-refractivity contribution in [3.63, 3.8) is 0 Å². The largest absolute Gasteiger partial charge is 0.507 e. The number of nitrogens with zero attached hydrogens (tertiary/aromatic N) is 9. The van der Waals surface area contributed by atoms with E-state index >= 15 is 0 Å². The number of nitrogens with one attached hydrogen (secondary N) is 5. The number of phenols is 5. The van der Waals surface area contributed by atoms with Crippen LogP contribution < -0.4 is 60.0 Å². The van der Waals surface area contributed by atoms with E-state index in [9.17, 15) is 49.5 Å². The molecular formula is C83H79N19O11. The number of hydrogen-bond donors (Lipinski definition) is 15. The van der Waals surface area contributed by atoms with E-state index in [1.807, 2.05) is 142 Å². The predicted octanol–water partition coefficient (Wildman–Crippen LogP) is 11.3. The molecule has 0 atom stereocenters. The van der Waals surface area contributed by atoms with E-state index in [1.165, 1.54) is 78.9 Å². The fourth-order valence-corrected chi connectivity index (χ4v) is 9.33. The van der Waals surface area contributed by atoms with Crippen LogP contribution in [0.2, 0.25) is 0 Å². The van der Waals surface area contributed by atoms with Crippen molar-refractivity contribution in [3.05, 3.63) is 342 Å². The van der Waals surface area contributed by atoms with Gasteiger partial charge in [-0.3, -0.25) is 50.6 Å². The lowest BCUT2D eigenvalue weighted by atomic mass is 10.1. The molecule has 10 aromatic rings. The number of phenolic OH excluding ortho intramolecular Hbond substituents is 5. The maximum atomic E-state index is 12.1. The summed E-state index contributed by atoms with van der Waals surface area (Å²) in [6, 6.07) is 62.7. The van der Waals surface area contributed by atoms with E-state index in [0.29, 0.717) is 26.2 Å². The van der Waals surface area contributed by atoms with Gasteiger partial charge >= 0.3 is 0 Å². The number of nitrogens with two attached hydrogens (primary N) is 5. The van der Waals surface area contributed by atoms with Crippen LogP contribution in [0.4, 0.5) is 22.7 Å². The van der Waals surface area contributed by atoms with Gasteiger partial charge in [0.25, 0.3) is 29.5 Å². The Bertz CT molecular complexity index is 5360. The first kappa shape index (κ1) is 85.6. The molecule has 0 aliphatic heterocycles. The quantitative estimate of drug-likeness (QED) is 0.0243. The Balaban J connectivity index is 0.000000220. The monoisotopic (exact) mass is 1520 g/mol. The second-order valence-electron chi connectivity index (χ2n) is 23.8. The highest BCUT2D eigenvalue weighted by Crippen LogP contribution is 2.27. The lowest BCUT2D eigenvalue weighted by molar-refractivity contribution is 0.0965. The summed E-state index contributed by atoms with van der Waals surface area (Å²) < 4.78 is 5.06. The third kappa shape index (κ3) is 29.2. The summed E-state index contributed by atoms with van der Waals surface area (Å²) in [5, 5.41) is 60.5. The minimum Gasteiger partial charge on any atom is -0.507 e. The molecule has 5 amide bonds. The molecule has 0 fully saturated rings. The summed E-state index contributed by atoms with van der Waals surface area (Å²) in [6.07, 6.45) is 0. The normalized spacial score (nSPS) is 10.9. The van der Waals surface area contributed by atoms with Crippen molar-refractivity contribution in [2.24, 2.45) is 53.6 Å². The summed E-state index contributed by atoms with van der Waals surface area (Å²) in [5.74, 6) is -3.42. The number of carbonyl (C=O) groups is 5. The van der Waals surface area contributed by atoms with Gasteiger partial charge in [-0.1, -0.05) is 168 Å². The minimum atomic E-state index is -0.631. The first-order valence-electron chi connectivity index (χ1n) is 33.7. The zero-order valence-electron chi connectivity index (χ0n) is 61.5. The molecule has 0 saturated heterocycles. The van der Waals surface area contributed by atoms with Gasteiger partial charge in [0.15, 0.2) is 52.5 Å². The molecule has 0 radical (unpaired) electrons. The van der Waals surface area contributed by atoms with Crippen LogP contribution in [-0.4, -0.2) is 92.0 Å². The van der Waals surface area contributed by atoms with Crippen LogP contribution in [0.1, 0.15) is 96.3 Å². The molecule has 30 heteroatoms. The Morgan fingerprint density at radius 3 is 0.850 bits per heavy atom. The number of carbonyl (C=O) groups excluding carboxylic acids is 5. The van der Waals surface area contributed by atoms with Crippen LogP contribution in [0.5, 0.6) is 34.5 Å². The molecule has 0 bridgehead atoms. The summed E-state index contributed by atoms with van der Waals surface area (Å²) in [5.41, 5.74) is 37.4. The van der Waals surface area contributed by atoms with Gasteiger partial charge in [0.05, 0.1) is 93.9 Å². The number of benzene rings is 10. The molecule has 113 heavy (non-hydrogen) atoms. The fourth-order valence-electron chi connectivity index (χ4n) is 9.33. The molecule has 20 N–H and O–H groups in total. The third-order valence-corrected chi connectivity index (χ3v) is 15.2. The Hall–Kier alpha value is -16.3. The highest BCUT2D eigenvalue weighted by Gasteiger charge is 2.18. The van der Waals surface area contributed by atoms with Crippen LogP contribution in [0.3, 0.4) is 0 Å². The standard InChI is InChI=1S/C17H16N4O3.2C17H16N4O2.C16H14N4O2.C16H17N3O2/c1-19-12-5-8-15(22)14(9-12)16(23)21-17(18)20-10-11-3-6-13(24-2)7-4-11;1-11-3-5-12(6-4-11)10-20-17(18)21-16(23)14-9-13(19-2)7-8-15(14)22;1-11-4-3-5-12(8-11)10-20-17(18)21-16(23)14-9-13(19-2)6-7-15(14)22;1-18-12-7-8-14(21)13(9-12)15(22)20-16(17)19-10-11-5-3-2-4-6-11;1-11-7-8-14(20)13(9-11)15(21)19-16(17)18-10-12-5-3-2-4-6-12/h3-9,22H,10H2,2H3,(H3,18,20,21,23);2*3-9,22H,10H2,1H3,(H3,18,20,21,23);2-9,21H,10H2,(H3,17,19,20,22);2-9,20H,10H2,1H3,(H3,17,18,19,21). The van der Waals surface area contributed by atoms with Crippen LogP contribution in [0, 0.1) is 47.1 Å². The van der Waals surface area contributed by atoms with Crippen molar-refractivity contribution in [1.82, 2.24) is 26.6 Å². The molecule has 0 heterocycles. The van der Waals surface area contributed by atoms with Crippen LogP contribution in [0.25, 0.3) is 19.4 Å². The van der Waals surface area contributed by atoms with E-state index in [2.05, 4.69) is 70.9 Å². The minimum absolute atomic E-state index is 0.0183. The molecule has 0 aromatic heterocycles. The van der Waals surface area contributed by atoms with Gasteiger partial charge in [0.2, 0.25) is 0 Å². The first-order valence-corrected chi connectivity index (χ1v) is 33.7. The first-order chi connectivity index (χ1) is 54.2. The van der Waals surface area contributed by atoms with Crippen molar-refractivity contribution < 1.29 is 54.2 Å². The van der Waals surface area contributed by atoms with Crippen molar-refractivity contribution >= 4 is 82.1 Å². The van der Waals surface area contributed by atoms with E-state index in [1.54, 1.807) is 31.4 Å². The second-order valence-corrected chi connectivity index (χ2v) is 23.8. The van der Waals surface area contributed by atoms with Crippen molar-refractivity contribution in [3.8, 4) is 34.5 Å². The van der Waals surface area contributed by atoms with E-state index in [-0.39, 0.29) is 116 Å². The Morgan fingerprint density at radius 1 is 0.310 bits per heavy atom. The average molecular weight is 1520 g/mol. The highest BCUT2D eigenvalue weighted by molar-refractivity contribution is 6.10. The number of ether oxygens (including phenoxy) is 1. The zero-order chi connectivity index (χ0) is 82.4. The molecule has 10 rings (SSSR count). The summed E-state index contributed by atoms with van der Waals surface area (Å²) >= 11 is 0. The Morgan fingerprint density at radius 2 is 0.558 bits per heavy atom. The maximum Gasteiger partial charge on any atom is 0.261 e. The molecule has 572 valence electrons. The van der Waals surface area contributed by atoms with Crippen molar-refractivity contribution in [2.75, 3.05) is 7.11 Å². The summed E-state index contributed by atoms with van der Waals surface area (Å²) in [6.45, 7) is 35.2. The van der Waals surface area contributed by atoms with Gasteiger partial charge in [-0.05, 0) is 121 Å². The molecule has 0 aliphatic carbocycles. The zero-order valence-corrected chi connectivity index (χ0v) is 61.5. The SMILES string of the molecule is Cc1ccc(O)c(C(=O)NC(N)=NCc2ccccc2)c1.[C-]#[N+]c1ccc(O)c(C(=O)NC(N)=NCc2ccc(C)cc2)c1.[C-]#[N+]c1ccc(O)c(C(=O)NC(N)=NCc2ccc(OC)cc2)c1.[C-]#[N+]c1ccc(O)c(C(=O)NC(N)=NCc2cccc(C)c2)c1.[C-]#[N+]c1ccc(O)c(C(=O)NC(N)=NCc2ccccc2)c1.